The van der Waals surface area contributed by atoms with E-state index >= 15 is 0 Å². The fourth-order valence-electron chi connectivity index (χ4n) is 1.16. The molecule has 0 radical (unpaired) electrons. The number of nitrogens with zero attached hydrogens (tertiary/aromatic N) is 1. The Morgan fingerprint density at radius 2 is 2.31 bits per heavy atom. The van der Waals surface area contributed by atoms with Gasteiger partial charge in [0, 0.05) is 37.8 Å². The predicted molar refractivity (Wildman–Crippen MR) is 62.1 cm³/mol. The van der Waals surface area contributed by atoms with Crippen LogP contribution in [0.2, 0.25) is 0 Å². The highest BCUT2D eigenvalue weighted by atomic mass is 16.2. The first kappa shape index (κ1) is 12.1. The van der Waals surface area contributed by atoms with Gasteiger partial charge in [-0.05, 0) is 13.0 Å². The minimum Gasteiger partial charge on any atom is -0.351 e. The van der Waals surface area contributed by atoms with Crippen LogP contribution >= 0.6 is 0 Å². The number of carbonyl (C=O) groups excluding carboxylic acids is 1. The van der Waals surface area contributed by atoms with Crippen molar-refractivity contribution in [2.24, 2.45) is 7.05 Å². The zero-order valence-electron chi connectivity index (χ0n) is 9.41. The van der Waals surface area contributed by atoms with E-state index in [1.54, 1.807) is 26.2 Å². The van der Waals surface area contributed by atoms with Crippen LogP contribution in [0.15, 0.2) is 23.1 Å². The average Bonchev–Trinajstić information content (AvgIpc) is 2.28. The number of rotatable bonds is 3. The Morgan fingerprint density at radius 1 is 1.56 bits per heavy atom. The Morgan fingerprint density at radius 3 is 2.94 bits per heavy atom. The van der Waals surface area contributed by atoms with Gasteiger partial charge in [-0.3, -0.25) is 9.59 Å². The quantitative estimate of drug-likeness (QED) is 0.594. The maximum absolute atomic E-state index is 11.6. The van der Waals surface area contributed by atoms with Gasteiger partial charge in [-0.25, -0.2) is 0 Å². The summed E-state index contributed by atoms with van der Waals surface area (Å²) in [7, 11) is 1.64. The van der Waals surface area contributed by atoms with Crippen LogP contribution in [0.4, 0.5) is 0 Å². The summed E-state index contributed by atoms with van der Waals surface area (Å²) in [4.78, 5) is 22.8. The summed E-state index contributed by atoms with van der Waals surface area (Å²) in [6, 6.07) is 2.93. The molecule has 4 heteroatoms. The lowest BCUT2D eigenvalue weighted by Crippen LogP contribution is -2.26. The third-order valence-electron chi connectivity index (χ3n) is 2.08. The van der Waals surface area contributed by atoms with Crippen molar-refractivity contribution in [2.75, 3.05) is 6.54 Å². The van der Waals surface area contributed by atoms with Gasteiger partial charge in [0.05, 0.1) is 0 Å². The van der Waals surface area contributed by atoms with Crippen LogP contribution in [0, 0.1) is 11.8 Å². The molecular weight excluding hydrogens is 204 g/mol. The van der Waals surface area contributed by atoms with Gasteiger partial charge < -0.3 is 9.88 Å². The Bertz CT molecular complexity index is 492. The lowest BCUT2D eigenvalue weighted by molar-refractivity contribution is 0.0954. The summed E-state index contributed by atoms with van der Waals surface area (Å²) in [6.07, 6.45) is 2.19. The van der Waals surface area contributed by atoms with E-state index in [-0.39, 0.29) is 11.5 Å². The van der Waals surface area contributed by atoms with Gasteiger partial charge in [0.15, 0.2) is 0 Å². The molecule has 0 fully saturated rings. The van der Waals surface area contributed by atoms with E-state index in [0.29, 0.717) is 18.5 Å². The minimum atomic E-state index is -0.240. The average molecular weight is 218 g/mol. The number of carbonyl (C=O) groups is 1. The van der Waals surface area contributed by atoms with Crippen molar-refractivity contribution < 1.29 is 4.79 Å². The predicted octanol–water partition coefficient (Wildman–Crippen LogP) is 0.528. The van der Waals surface area contributed by atoms with Gasteiger partial charge in [0.25, 0.3) is 11.5 Å². The molecular formula is C12H14N2O2. The van der Waals surface area contributed by atoms with E-state index in [2.05, 4.69) is 17.2 Å². The highest BCUT2D eigenvalue weighted by Gasteiger charge is 2.04. The molecule has 16 heavy (non-hydrogen) atoms. The van der Waals surface area contributed by atoms with Crippen molar-refractivity contribution in [3.8, 4) is 11.8 Å². The van der Waals surface area contributed by atoms with Crippen LogP contribution in [-0.4, -0.2) is 17.0 Å². The normalized spacial score (nSPS) is 9.12. The second-order valence-electron chi connectivity index (χ2n) is 3.30. The van der Waals surface area contributed by atoms with Gasteiger partial charge in [-0.1, -0.05) is 0 Å². The molecule has 1 heterocycles. The molecule has 1 aromatic heterocycles. The zero-order valence-corrected chi connectivity index (χ0v) is 9.41. The molecule has 1 amide bonds. The molecule has 0 aliphatic carbocycles. The van der Waals surface area contributed by atoms with Gasteiger partial charge in [-0.15, -0.1) is 11.8 Å². The Kier molecular flexibility index (Phi) is 4.34. The van der Waals surface area contributed by atoms with Gasteiger partial charge in [-0.2, -0.15) is 0 Å². The Hall–Kier alpha value is -2.02. The summed E-state index contributed by atoms with van der Waals surface area (Å²) >= 11 is 0. The van der Waals surface area contributed by atoms with E-state index in [1.165, 1.54) is 10.6 Å². The zero-order chi connectivity index (χ0) is 12.0. The van der Waals surface area contributed by atoms with Gasteiger partial charge in [0.2, 0.25) is 0 Å². The first-order valence-electron chi connectivity index (χ1n) is 4.99. The van der Waals surface area contributed by atoms with Crippen molar-refractivity contribution in [1.29, 1.82) is 0 Å². The van der Waals surface area contributed by atoms with Crippen LogP contribution < -0.4 is 10.9 Å². The first-order valence-corrected chi connectivity index (χ1v) is 4.99. The molecule has 1 N–H and O–H groups in total. The fourth-order valence-corrected chi connectivity index (χ4v) is 1.16. The second-order valence-corrected chi connectivity index (χ2v) is 3.30. The van der Waals surface area contributed by atoms with Crippen molar-refractivity contribution in [3.05, 3.63) is 34.2 Å². The van der Waals surface area contributed by atoms with Crippen molar-refractivity contribution in [2.45, 2.75) is 13.3 Å². The molecule has 84 valence electrons. The molecule has 0 saturated carbocycles. The second kappa shape index (κ2) is 5.76. The number of aryl methyl sites for hydroxylation is 1. The van der Waals surface area contributed by atoms with E-state index in [4.69, 9.17) is 0 Å². The third kappa shape index (κ3) is 3.28. The Balaban J connectivity index is 2.62. The third-order valence-corrected chi connectivity index (χ3v) is 2.08. The molecule has 0 aromatic carbocycles. The smallest absolute Gasteiger partial charge is 0.251 e. The minimum absolute atomic E-state index is 0.194. The fraction of sp³-hybridized carbons (Fsp3) is 0.333. The summed E-state index contributed by atoms with van der Waals surface area (Å²) < 4.78 is 1.42. The number of hydrogen-bond acceptors (Lipinski definition) is 2. The number of hydrogen-bond donors (Lipinski definition) is 1. The van der Waals surface area contributed by atoms with Crippen molar-refractivity contribution in [3.63, 3.8) is 0 Å². The highest BCUT2D eigenvalue weighted by Crippen LogP contribution is 1.93. The van der Waals surface area contributed by atoms with Gasteiger partial charge >= 0.3 is 0 Å². The highest BCUT2D eigenvalue weighted by molar-refractivity contribution is 5.93. The molecule has 0 spiro atoms. The molecule has 0 bridgehead atoms. The number of nitrogens with one attached hydrogen (secondary N) is 1. The summed E-state index contributed by atoms with van der Waals surface area (Å²) in [5.41, 5.74) is 0.188. The first-order chi connectivity index (χ1) is 7.65. The monoisotopic (exact) mass is 218 g/mol. The van der Waals surface area contributed by atoms with Crippen molar-refractivity contribution in [1.82, 2.24) is 9.88 Å². The summed E-state index contributed by atoms with van der Waals surface area (Å²) in [6.45, 7) is 2.25. The lowest BCUT2D eigenvalue weighted by Gasteiger charge is -2.03. The van der Waals surface area contributed by atoms with Crippen molar-refractivity contribution >= 4 is 5.91 Å². The lowest BCUT2D eigenvalue weighted by atomic mass is 10.2. The van der Waals surface area contributed by atoms with Crippen LogP contribution in [-0.2, 0) is 7.05 Å². The van der Waals surface area contributed by atoms with Crippen LogP contribution in [0.5, 0.6) is 0 Å². The van der Waals surface area contributed by atoms with E-state index in [1.807, 2.05) is 0 Å². The molecule has 0 saturated heterocycles. The van der Waals surface area contributed by atoms with Gasteiger partial charge in [0.1, 0.15) is 0 Å². The molecule has 0 aliphatic rings. The van der Waals surface area contributed by atoms with E-state index in [0.717, 1.165) is 0 Å². The topological polar surface area (TPSA) is 51.1 Å². The van der Waals surface area contributed by atoms with Crippen LogP contribution in [0.25, 0.3) is 0 Å². The molecule has 1 rings (SSSR count). The molecule has 1 aromatic rings. The maximum Gasteiger partial charge on any atom is 0.251 e. The van der Waals surface area contributed by atoms with Crippen LogP contribution in [0.1, 0.15) is 23.7 Å². The number of amides is 1. The molecule has 0 atom stereocenters. The Labute approximate surface area is 94.3 Å². The van der Waals surface area contributed by atoms with E-state index < -0.39 is 0 Å². The van der Waals surface area contributed by atoms with E-state index in [9.17, 15) is 9.59 Å². The number of aromatic nitrogens is 1. The summed E-state index contributed by atoms with van der Waals surface area (Å²) in [5.74, 6) is 5.35. The largest absolute Gasteiger partial charge is 0.351 e. The summed E-state index contributed by atoms with van der Waals surface area (Å²) in [5, 5.41) is 2.69. The standard InChI is InChI=1S/C12H14N2O2/c1-3-4-5-7-13-12(16)10-6-8-14(2)11(15)9-10/h6,8-9H,5,7H2,1-2H3,(H,13,16). The molecule has 0 aliphatic heterocycles. The van der Waals surface area contributed by atoms with Crippen LogP contribution in [0.3, 0.4) is 0 Å². The maximum atomic E-state index is 11.6. The number of pyridine rings is 1. The molecule has 4 nitrogen and oxygen atoms in total. The molecule has 0 unspecified atom stereocenters. The SMILES string of the molecule is CC#CCCNC(=O)c1ccn(C)c(=O)c1.